The van der Waals surface area contributed by atoms with E-state index in [1.807, 2.05) is 0 Å². The number of amides is 2. The minimum Gasteiger partial charge on any atom is -0.481 e. The summed E-state index contributed by atoms with van der Waals surface area (Å²) in [7, 11) is 0. The summed E-state index contributed by atoms with van der Waals surface area (Å²) in [4.78, 5) is 35.6. The number of nitrogens with two attached hydrogens (primary N) is 1. The molecule has 1 aliphatic rings. The highest BCUT2D eigenvalue weighted by atomic mass is 16.5. The van der Waals surface area contributed by atoms with Crippen molar-refractivity contribution in [3.8, 4) is 0 Å². The molecule has 1 fully saturated rings. The van der Waals surface area contributed by atoms with Crippen LogP contribution in [-0.2, 0) is 14.3 Å². The summed E-state index contributed by atoms with van der Waals surface area (Å²) in [5.41, 5.74) is 5.72. The van der Waals surface area contributed by atoms with Gasteiger partial charge in [-0.3, -0.25) is 9.59 Å². The van der Waals surface area contributed by atoms with Crippen molar-refractivity contribution >= 4 is 18.0 Å². The SMILES string of the molecule is CCOC(=O)NC1CCCN(C(=O)C(N)CCC(=O)O)C1. The van der Waals surface area contributed by atoms with E-state index in [-0.39, 0.29) is 24.8 Å². The number of nitrogens with one attached hydrogen (secondary N) is 1. The Bertz CT molecular complexity index is 388. The molecule has 1 rings (SSSR count). The van der Waals surface area contributed by atoms with E-state index in [0.717, 1.165) is 12.8 Å². The molecule has 0 aromatic carbocycles. The van der Waals surface area contributed by atoms with Crippen LogP contribution in [0.1, 0.15) is 32.6 Å². The third-order valence-corrected chi connectivity index (χ3v) is 3.32. The standard InChI is InChI=1S/C13H23N3O5/c1-2-21-13(20)15-9-4-3-7-16(8-9)12(19)10(14)5-6-11(17)18/h9-10H,2-8,14H2,1H3,(H,15,20)(H,17,18). The van der Waals surface area contributed by atoms with Crippen molar-refractivity contribution in [1.82, 2.24) is 10.2 Å². The maximum Gasteiger partial charge on any atom is 0.407 e. The van der Waals surface area contributed by atoms with Crippen molar-refractivity contribution in [2.75, 3.05) is 19.7 Å². The van der Waals surface area contributed by atoms with Gasteiger partial charge in [-0.2, -0.15) is 0 Å². The first-order valence-electron chi connectivity index (χ1n) is 7.13. The van der Waals surface area contributed by atoms with E-state index in [1.165, 1.54) is 0 Å². The molecule has 0 spiro atoms. The summed E-state index contributed by atoms with van der Waals surface area (Å²) in [6, 6.07) is -0.976. The van der Waals surface area contributed by atoms with E-state index in [0.29, 0.717) is 19.7 Å². The average molecular weight is 301 g/mol. The molecule has 0 radical (unpaired) electrons. The molecule has 0 saturated carbocycles. The third-order valence-electron chi connectivity index (χ3n) is 3.32. The molecule has 21 heavy (non-hydrogen) atoms. The first-order valence-corrected chi connectivity index (χ1v) is 7.13. The molecule has 2 atom stereocenters. The van der Waals surface area contributed by atoms with E-state index in [2.05, 4.69) is 5.32 Å². The van der Waals surface area contributed by atoms with Gasteiger partial charge in [-0.25, -0.2) is 4.79 Å². The zero-order chi connectivity index (χ0) is 15.8. The Morgan fingerprint density at radius 3 is 2.81 bits per heavy atom. The van der Waals surface area contributed by atoms with E-state index in [4.69, 9.17) is 15.6 Å². The van der Waals surface area contributed by atoms with Gasteiger partial charge in [-0.05, 0) is 26.2 Å². The van der Waals surface area contributed by atoms with E-state index < -0.39 is 18.1 Å². The molecule has 8 nitrogen and oxygen atoms in total. The number of carbonyl (C=O) groups is 3. The largest absolute Gasteiger partial charge is 0.481 e. The molecule has 1 heterocycles. The fourth-order valence-corrected chi connectivity index (χ4v) is 2.27. The van der Waals surface area contributed by atoms with Crippen molar-refractivity contribution < 1.29 is 24.2 Å². The molecule has 0 bridgehead atoms. The van der Waals surface area contributed by atoms with Gasteiger partial charge in [0.1, 0.15) is 0 Å². The first kappa shape index (κ1) is 17.2. The monoisotopic (exact) mass is 301 g/mol. The second kappa shape index (κ2) is 8.46. The van der Waals surface area contributed by atoms with Gasteiger partial charge in [0.05, 0.1) is 12.6 Å². The van der Waals surface area contributed by atoms with Crippen molar-refractivity contribution in [2.24, 2.45) is 5.73 Å². The summed E-state index contributed by atoms with van der Waals surface area (Å²) in [5, 5.41) is 11.3. The van der Waals surface area contributed by atoms with Crippen molar-refractivity contribution in [3.05, 3.63) is 0 Å². The van der Waals surface area contributed by atoms with Crippen LogP contribution in [0.3, 0.4) is 0 Å². The maximum atomic E-state index is 12.1. The molecular weight excluding hydrogens is 278 g/mol. The molecule has 1 aliphatic heterocycles. The van der Waals surface area contributed by atoms with E-state index >= 15 is 0 Å². The molecule has 4 N–H and O–H groups in total. The lowest BCUT2D eigenvalue weighted by Crippen LogP contribution is -2.53. The summed E-state index contributed by atoms with van der Waals surface area (Å²) in [6.45, 7) is 2.96. The van der Waals surface area contributed by atoms with Crippen LogP contribution in [0.2, 0.25) is 0 Å². The Morgan fingerprint density at radius 2 is 2.19 bits per heavy atom. The Kier molecular flexibility index (Phi) is 6.93. The highest BCUT2D eigenvalue weighted by Crippen LogP contribution is 2.12. The molecule has 2 unspecified atom stereocenters. The molecule has 8 heteroatoms. The third kappa shape index (κ3) is 5.99. The summed E-state index contributed by atoms with van der Waals surface area (Å²) < 4.78 is 4.81. The molecule has 0 aliphatic carbocycles. The van der Waals surface area contributed by atoms with Crippen LogP contribution in [0.15, 0.2) is 0 Å². The van der Waals surface area contributed by atoms with Crippen LogP contribution < -0.4 is 11.1 Å². The van der Waals surface area contributed by atoms with Crippen molar-refractivity contribution in [2.45, 2.75) is 44.7 Å². The highest BCUT2D eigenvalue weighted by molar-refractivity contribution is 5.82. The van der Waals surface area contributed by atoms with Gasteiger partial charge in [0.15, 0.2) is 0 Å². The van der Waals surface area contributed by atoms with Crippen molar-refractivity contribution in [3.63, 3.8) is 0 Å². The Balaban J connectivity index is 2.45. The van der Waals surface area contributed by atoms with Gasteiger partial charge in [-0.1, -0.05) is 0 Å². The lowest BCUT2D eigenvalue weighted by molar-refractivity contribution is -0.138. The molecule has 1 saturated heterocycles. The van der Waals surface area contributed by atoms with Crippen LogP contribution in [-0.4, -0.2) is 59.8 Å². The number of carbonyl (C=O) groups excluding carboxylic acids is 2. The molecular formula is C13H23N3O5. The van der Waals surface area contributed by atoms with Crippen LogP contribution >= 0.6 is 0 Å². The van der Waals surface area contributed by atoms with Gasteiger partial charge in [0.25, 0.3) is 0 Å². The molecule has 0 aromatic rings. The minimum absolute atomic E-state index is 0.112. The number of rotatable bonds is 6. The highest BCUT2D eigenvalue weighted by Gasteiger charge is 2.28. The number of aliphatic carboxylic acids is 1. The van der Waals surface area contributed by atoms with Crippen LogP contribution in [0.4, 0.5) is 4.79 Å². The molecule has 2 amide bonds. The summed E-state index contributed by atoms with van der Waals surface area (Å²) in [6.07, 6.45) is 1.01. The molecule has 0 aromatic heterocycles. The predicted octanol–water partition coefficient (Wildman–Crippen LogP) is -0.0844. The lowest BCUT2D eigenvalue weighted by atomic mass is 10.0. The summed E-state index contributed by atoms with van der Waals surface area (Å²) in [5.74, 6) is -1.25. The van der Waals surface area contributed by atoms with Gasteiger partial charge >= 0.3 is 12.1 Å². The van der Waals surface area contributed by atoms with Crippen LogP contribution in [0.25, 0.3) is 0 Å². The van der Waals surface area contributed by atoms with Gasteiger partial charge < -0.3 is 25.8 Å². The number of likely N-dealkylation sites (tertiary alicyclic amines) is 1. The molecule has 120 valence electrons. The van der Waals surface area contributed by atoms with Gasteiger partial charge in [0.2, 0.25) is 5.91 Å². The number of ether oxygens (including phenoxy) is 1. The van der Waals surface area contributed by atoms with E-state index in [1.54, 1.807) is 11.8 Å². The quantitative estimate of drug-likeness (QED) is 0.630. The number of carboxylic acids is 1. The maximum absolute atomic E-state index is 12.1. The Morgan fingerprint density at radius 1 is 1.48 bits per heavy atom. The topological polar surface area (TPSA) is 122 Å². The predicted molar refractivity (Wildman–Crippen MR) is 74.6 cm³/mol. The summed E-state index contributed by atoms with van der Waals surface area (Å²) >= 11 is 0. The second-order valence-corrected chi connectivity index (χ2v) is 5.03. The second-order valence-electron chi connectivity index (χ2n) is 5.03. The minimum atomic E-state index is -0.973. The van der Waals surface area contributed by atoms with Crippen LogP contribution in [0.5, 0.6) is 0 Å². The fourth-order valence-electron chi connectivity index (χ4n) is 2.27. The zero-order valence-corrected chi connectivity index (χ0v) is 12.2. The number of piperidine rings is 1. The number of carboxylic acid groups (broad SMARTS) is 1. The normalized spacial score (nSPS) is 19.7. The number of nitrogens with zero attached hydrogens (tertiary/aromatic N) is 1. The zero-order valence-electron chi connectivity index (χ0n) is 12.2. The average Bonchev–Trinajstić information content (AvgIpc) is 2.44. The number of hydrogen-bond acceptors (Lipinski definition) is 5. The Hall–Kier alpha value is -1.83. The van der Waals surface area contributed by atoms with Gasteiger partial charge in [0, 0.05) is 25.6 Å². The number of hydrogen-bond donors (Lipinski definition) is 3. The smallest absolute Gasteiger partial charge is 0.407 e. The lowest BCUT2D eigenvalue weighted by Gasteiger charge is -2.34. The van der Waals surface area contributed by atoms with Crippen LogP contribution in [0, 0.1) is 0 Å². The Labute approximate surface area is 123 Å². The van der Waals surface area contributed by atoms with Gasteiger partial charge in [-0.15, -0.1) is 0 Å². The first-order chi connectivity index (χ1) is 9.93. The fraction of sp³-hybridized carbons (Fsp3) is 0.769. The number of alkyl carbamates (subject to hydrolysis) is 1. The van der Waals surface area contributed by atoms with E-state index in [9.17, 15) is 14.4 Å². The van der Waals surface area contributed by atoms with Crippen molar-refractivity contribution in [1.29, 1.82) is 0 Å².